The normalized spacial score (nSPS) is 19.9. The van der Waals surface area contributed by atoms with Crippen LogP contribution in [0.25, 0.3) is 0 Å². The molecule has 1 aliphatic rings. The molecule has 0 saturated carbocycles. The first-order chi connectivity index (χ1) is 7.06. The highest BCUT2D eigenvalue weighted by Crippen LogP contribution is 2.29. The second-order valence-corrected chi connectivity index (χ2v) is 3.61. The summed E-state index contributed by atoms with van der Waals surface area (Å²) in [6.07, 6.45) is 0.232. The van der Waals surface area contributed by atoms with Gasteiger partial charge in [-0.2, -0.15) is 0 Å². The van der Waals surface area contributed by atoms with Gasteiger partial charge < -0.3 is 10.6 Å². The van der Waals surface area contributed by atoms with Gasteiger partial charge in [0, 0.05) is 18.5 Å². The fourth-order valence-electron chi connectivity index (χ4n) is 1.60. The Labute approximate surface area is 85.5 Å². The maximum atomic E-state index is 13.4. The molecule has 1 aromatic carbocycles. The van der Waals surface area contributed by atoms with Gasteiger partial charge in [0.15, 0.2) is 5.82 Å². The molecule has 0 saturated heterocycles. The summed E-state index contributed by atoms with van der Waals surface area (Å²) >= 11 is 0. The first-order valence-corrected chi connectivity index (χ1v) is 4.61. The van der Waals surface area contributed by atoms with Gasteiger partial charge in [0.1, 0.15) is 5.82 Å². The van der Waals surface area contributed by atoms with Crippen LogP contribution < -0.4 is 10.6 Å². The highest BCUT2D eigenvalue weighted by molar-refractivity contribution is 5.96. The van der Waals surface area contributed by atoms with E-state index in [0.717, 1.165) is 12.1 Å². The Bertz CT molecular complexity index is 420. The minimum Gasteiger partial charge on any atom is -0.378 e. The van der Waals surface area contributed by atoms with E-state index < -0.39 is 11.6 Å². The SMILES string of the molecule is CC1CC(=O)Nc2cc(F)cc(F)c2N1. The number of halogens is 2. The van der Waals surface area contributed by atoms with Crippen molar-refractivity contribution in [1.29, 1.82) is 0 Å². The molecule has 3 nitrogen and oxygen atoms in total. The van der Waals surface area contributed by atoms with Gasteiger partial charge in [-0.15, -0.1) is 0 Å². The minimum atomic E-state index is -0.706. The smallest absolute Gasteiger partial charge is 0.226 e. The predicted octanol–water partition coefficient (Wildman–Crippen LogP) is 2.11. The number of benzene rings is 1. The molecule has 1 aliphatic heterocycles. The van der Waals surface area contributed by atoms with E-state index in [9.17, 15) is 13.6 Å². The molecule has 80 valence electrons. The second kappa shape index (κ2) is 3.49. The predicted molar refractivity (Wildman–Crippen MR) is 52.7 cm³/mol. The zero-order valence-electron chi connectivity index (χ0n) is 8.10. The Balaban J connectivity index is 2.50. The Kier molecular flexibility index (Phi) is 2.30. The molecular formula is C10H10F2N2O. The summed E-state index contributed by atoms with van der Waals surface area (Å²) in [5, 5.41) is 5.28. The number of nitrogens with one attached hydrogen (secondary N) is 2. The van der Waals surface area contributed by atoms with Crippen molar-refractivity contribution in [3.05, 3.63) is 23.8 Å². The van der Waals surface area contributed by atoms with Crippen molar-refractivity contribution in [3.63, 3.8) is 0 Å². The van der Waals surface area contributed by atoms with Crippen LogP contribution >= 0.6 is 0 Å². The van der Waals surface area contributed by atoms with Gasteiger partial charge in [-0.1, -0.05) is 0 Å². The van der Waals surface area contributed by atoms with Gasteiger partial charge in [0.2, 0.25) is 5.91 Å². The standard InChI is InChI=1S/C10H10F2N2O/c1-5-2-9(15)14-8-4-6(11)3-7(12)10(8)13-5/h3-5,13H,2H2,1H3,(H,14,15). The lowest BCUT2D eigenvalue weighted by Gasteiger charge is -2.12. The van der Waals surface area contributed by atoms with Crippen LogP contribution in [0.3, 0.4) is 0 Å². The summed E-state index contributed by atoms with van der Waals surface area (Å²) in [5.41, 5.74) is 0.302. The lowest BCUT2D eigenvalue weighted by atomic mass is 10.2. The van der Waals surface area contributed by atoms with Crippen molar-refractivity contribution >= 4 is 17.3 Å². The zero-order chi connectivity index (χ0) is 11.0. The Morgan fingerprint density at radius 1 is 1.40 bits per heavy atom. The van der Waals surface area contributed by atoms with Crippen molar-refractivity contribution < 1.29 is 13.6 Å². The number of amides is 1. The first kappa shape index (κ1) is 9.89. The second-order valence-electron chi connectivity index (χ2n) is 3.61. The quantitative estimate of drug-likeness (QED) is 0.691. The molecule has 1 atom stereocenters. The van der Waals surface area contributed by atoms with Crippen molar-refractivity contribution in [2.75, 3.05) is 10.6 Å². The highest BCUT2D eigenvalue weighted by atomic mass is 19.1. The summed E-state index contributed by atoms with van der Waals surface area (Å²) < 4.78 is 26.3. The average molecular weight is 212 g/mol. The molecule has 0 radical (unpaired) electrons. The molecule has 2 rings (SSSR count). The Hall–Kier alpha value is -1.65. The van der Waals surface area contributed by atoms with Gasteiger partial charge >= 0.3 is 0 Å². The molecule has 1 amide bonds. The lowest BCUT2D eigenvalue weighted by molar-refractivity contribution is -0.116. The summed E-state index contributed by atoms with van der Waals surface area (Å²) in [6.45, 7) is 1.76. The molecule has 5 heteroatoms. The third kappa shape index (κ3) is 1.91. The summed E-state index contributed by atoms with van der Waals surface area (Å²) in [5.74, 6) is -1.65. The lowest BCUT2D eigenvalue weighted by Crippen LogP contribution is -2.19. The zero-order valence-corrected chi connectivity index (χ0v) is 8.10. The number of anilines is 2. The molecule has 1 unspecified atom stereocenters. The van der Waals surface area contributed by atoms with Crippen LogP contribution in [0.1, 0.15) is 13.3 Å². The van der Waals surface area contributed by atoms with E-state index in [0.29, 0.717) is 0 Å². The molecule has 0 aliphatic carbocycles. The van der Waals surface area contributed by atoms with Crippen molar-refractivity contribution in [2.45, 2.75) is 19.4 Å². The van der Waals surface area contributed by atoms with E-state index in [1.807, 2.05) is 0 Å². The highest BCUT2D eigenvalue weighted by Gasteiger charge is 2.20. The van der Waals surface area contributed by atoms with Crippen LogP contribution in [-0.2, 0) is 4.79 Å². The number of fused-ring (bicyclic) bond motifs is 1. The molecule has 1 heterocycles. The number of carbonyl (C=O) groups is 1. The van der Waals surface area contributed by atoms with Crippen LogP contribution in [0.5, 0.6) is 0 Å². The van der Waals surface area contributed by atoms with Crippen LogP contribution in [0, 0.1) is 11.6 Å². The fraction of sp³-hybridized carbons (Fsp3) is 0.300. The molecular weight excluding hydrogens is 202 g/mol. The molecule has 1 aromatic rings. The monoisotopic (exact) mass is 212 g/mol. The third-order valence-electron chi connectivity index (χ3n) is 2.21. The van der Waals surface area contributed by atoms with E-state index in [4.69, 9.17) is 0 Å². The van der Waals surface area contributed by atoms with Crippen molar-refractivity contribution in [2.24, 2.45) is 0 Å². The number of carbonyl (C=O) groups excluding carboxylic acids is 1. The van der Waals surface area contributed by atoms with Crippen LogP contribution in [0.15, 0.2) is 12.1 Å². The fourth-order valence-corrected chi connectivity index (χ4v) is 1.60. The molecule has 0 bridgehead atoms. The first-order valence-electron chi connectivity index (χ1n) is 4.61. The van der Waals surface area contributed by atoms with Gasteiger partial charge in [-0.3, -0.25) is 4.79 Å². The van der Waals surface area contributed by atoms with Crippen molar-refractivity contribution in [3.8, 4) is 0 Å². The molecule has 2 N–H and O–H groups in total. The Morgan fingerprint density at radius 2 is 2.13 bits per heavy atom. The molecule has 15 heavy (non-hydrogen) atoms. The van der Waals surface area contributed by atoms with Crippen LogP contribution in [-0.4, -0.2) is 11.9 Å². The third-order valence-corrected chi connectivity index (χ3v) is 2.21. The molecule has 0 spiro atoms. The van der Waals surface area contributed by atoms with Gasteiger partial charge in [0.25, 0.3) is 0 Å². The summed E-state index contributed by atoms with van der Waals surface area (Å²) in [7, 11) is 0. The van der Waals surface area contributed by atoms with E-state index in [2.05, 4.69) is 10.6 Å². The topological polar surface area (TPSA) is 41.1 Å². The Morgan fingerprint density at radius 3 is 2.87 bits per heavy atom. The number of hydrogen-bond donors (Lipinski definition) is 2. The van der Waals surface area contributed by atoms with Gasteiger partial charge in [-0.25, -0.2) is 8.78 Å². The largest absolute Gasteiger partial charge is 0.378 e. The van der Waals surface area contributed by atoms with Crippen LogP contribution in [0.2, 0.25) is 0 Å². The van der Waals surface area contributed by atoms with E-state index in [1.165, 1.54) is 0 Å². The van der Waals surface area contributed by atoms with Gasteiger partial charge in [-0.05, 0) is 13.0 Å². The number of rotatable bonds is 0. The average Bonchev–Trinajstić information content (AvgIpc) is 2.22. The van der Waals surface area contributed by atoms with Crippen molar-refractivity contribution in [1.82, 2.24) is 0 Å². The maximum Gasteiger partial charge on any atom is 0.226 e. The molecule has 0 fully saturated rings. The summed E-state index contributed by atoms with van der Waals surface area (Å²) in [4.78, 5) is 11.3. The van der Waals surface area contributed by atoms with E-state index >= 15 is 0 Å². The van der Waals surface area contributed by atoms with Gasteiger partial charge in [0.05, 0.1) is 11.4 Å². The molecule has 0 aromatic heterocycles. The van der Waals surface area contributed by atoms with Crippen LogP contribution in [0.4, 0.5) is 20.2 Å². The maximum absolute atomic E-state index is 13.4. The minimum absolute atomic E-state index is 0.148. The van der Waals surface area contributed by atoms with E-state index in [1.54, 1.807) is 6.92 Å². The van der Waals surface area contributed by atoms with E-state index in [-0.39, 0.29) is 29.7 Å². The summed E-state index contributed by atoms with van der Waals surface area (Å²) in [6, 6.07) is 1.71. The number of hydrogen-bond acceptors (Lipinski definition) is 2.